The highest BCUT2D eigenvalue weighted by atomic mass is 35.5. The van der Waals surface area contributed by atoms with Crippen LogP contribution in [0.1, 0.15) is 0 Å². The van der Waals surface area contributed by atoms with Crippen LogP contribution in [0.5, 0.6) is 0 Å². The summed E-state index contributed by atoms with van der Waals surface area (Å²) in [5, 5.41) is 11.6. The van der Waals surface area contributed by atoms with Crippen molar-refractivity contribution in [2.24, 2.45) is 0 Å². The summed E-state index contributed by atoms with van der Waals surface area (Å²) in [6, 6.07) is 3.75. The molecule has 0 atom stereocenters. The van der Waals surface area contributed by atoms with Crippen molar-refractivity contribution in [2.75, 3.05) is 31.6 Å². The van der Waals surface area contributed by atoms with Crippen LogP contribution in [-0.2, 0) is 4.79 Å². The maximum Gasteiger partial charge on any atom is 0.238 e. The molecule has 0 spiro atoms. The van der Waals surface area contributed by atoms with E-state index in [9.17, 15) is 9.18 Å². The highest BCUT2D eigenvalue weighted by Crippen LogP contribution is 2.22. The molecule has 0 heterocycles. The zero-order valence-corrected chi connectivity index (χ0v) is 11.2. The summed E-state index contributed by atoms with van der Waals surface area (Å²) in [5.74, 6) is -0.750. The SMILES string of the molecule is C=CCN(CCO)CC(=O)Nc1ccc(F)cc1Cl. The minimum absolute atomic E-state index is 0.0432. The van der Waals surface area contributed by atoms with Gasteiger partial charge in [0, 0.05) is 13.1 Å². The third-order valence-corrected chi connectivity index (χ3v) is 2.69. The van der Waals surface area contributed by atoms with E-state index in [2.05, 4.69) is 11.9 Å². The number of carbonyl (C=O) groups is 1. The first-order chi connectivity index (χ1) is 9.06. The first-order valence-corrected chi connectivity index (χ1v) is 6.13. The number of aliphatic hydroxyl groups excluding tert-OH is 1. The summed E-state index contributed by atoms with van der Waals surface area (Å²) in [5.41, 5.74) is 0.357. The lowest BCUT2D eigenvalue weighted by Gasteiger charge is -2.18. The summed E-state index contributed by atoms with van der Waals surface area (Å²) >= 11 is 5.81. The molecule has 0 saturated carbocycles. The van der Waals surface area contributed by atoms with Gasteiger partial charge in [-0.05, 0) is 18.2 Å². The lowest BCUT2D eigenvalue weighted by Crippen LogP contribution is -2.35. The van der Waals surface area contributed by atoms with Gasteiger partial charge in [-0.3, -0.25) is 9.69 Å². The Kier molecular flexibility index (Phi) is 6.49. The van der Waals surface area contributed by atoms with Crippen LogP contribution < -0.4 is 5.32 Å². The molecule has 0 bridgehead atoms. The van der Waals surface area contributed by atoms with E-state index in [-0.39, 0.29) is 24.1 Å². The standard InChI is InChI=1S/C13H16ClFN2O2/c1-2-5-17(6-7-18)9-13(19)16-12-4-3-10(15)8-11(12)14/h2-4,8,18H,1,5-7,9H2,(H,16,19). The van der Waals surface area contributed by atoms with E-state index in [1.165, 1.54) is 12.1 Å². The van der Waals surface area contributed by atoms with Gasteiger partial charge in [0.05, 0.1) is 23.9 Å². The van der Waals surface area contributed by atoms with Crippen molar-refractivity contribution in [1.29, 1.82) is 0 Å². The Hall–Kier alpha value is -1.43. The molecule has 0 aliphatic heterocycles. The van der Waals surface area contributed by atoms with Gasteiger partial charge >= 0.3 is 0 Å². The second kappa shape index (κ2) is 7.89. The summed E-state index contributed by atoms with van der Waals surface area (Å²) in [7, 11) is 0. The molecule has 0 aliphatic carbocycles. The zero-order chi connectivity index (χ0) is 14.3. The fraction of sp³-hybridized carbons (Fsp3) is 0.308. The Morgan fingerprint density at radius 3 is 2.89 bits per heavy atom. The van der Waals surface area contributed by atoms with Gasteiger partial charge in [0.1, 0.15) is 5.82 Å². The smallest absolute Gasteiger partial charge is 0.238 e. The van der Waals surface area contributed by atoms with Crippen molar-refractivity contribution in [2.45, 2.75) is 0 Å². The number of nitrogens with one attached hydrogen (secondary N) is 1. The average molecular weight is 287 g/mol. The van der Waals surface area contributed by atoms with Crippen molar-refractivity contribution in [1.82, 2.24) is 4.90 Å². The van der Waals surface area contributed by atoms with Crippen LogP contribution in [0.4, 0.5) is 10.1 Å². The summed E-state index contributed by atoms with van der Waals surface area (Å²) in [6.07, 6.45) is 1.65. The van der Waals surface area contributed by atoms with Gasteiger partial charge in [-0.25, -0.2) is 4.39 Å². The molecule has 0 saturated heterocycles. The number of hydrogen-bond acceptors (Lipinski definition) is 3. The van der Waals surface area contributed by atoms with Crippen molar-refractivity contribution in [3.63, 3.8) is 0 Å². The number of carbonyl (C=O) groups excluding carboxylic acids is 1. The topological polar surface area (TPSA) is 52.6 Å². The van der Waals surface area contributed by atoms with Crippen LogP contribution in [-0.4, -0.2) is 42.2 Å². The summed E-state index contributed by atoms with van der Waals surface area (Å²) < 4.78 is 12.9. The molecule has 0 aliphatic rings. The minimum Gasteiger partial charge on any atom is -0.395 e. The maximum atomic E-state index is 12.9. The molecule has 1 rings (SSSR count). The number of benzene rings is 1. The molecule has 0 fully saturated rings. The minimum atomic E-state index is -0.462. The average Bonchev–Trinajstić information content (AvgIpc) is 2.33. The van der Waals surface area contributed by atoms with E-state index < -0.39 is 5.82 Å². The quantitative estimate of drug-likeness (QED) is 0.753. The summed E-state index contributed by atoms with van der Waals surface area (Å²) in [6.45, 7) is 4.50. The number of nitrogens with zero attached hydrogens (tertiary/aromatic N) is 1. The van der Waals surface area contributed by atoms with Crippen LogP contribution in [0.3, 0.4) is 0 Å². The predicted octanol–water partition coefficient (Wildman–Crippen LogP) is 1.90. The maximum absolute atomic E-state index is 12.9. The Labute approximate surface area is 116 Å². The number of aliphatic hydroxyl groups is 1. The Balaban J connectivity index is 2.60. The van der Waals surface area contributed by atoms with Crippen molar-refractivity contribution in [3.05, 3.63) is 41.7 Å². The molecular weight excluding hydrogens is 271 g/mol. The van der Waals surface area contributed by atoms with Gasteiger partial charge < -0.3 is 10.4 Å². The molecule has 0 unspecified atom stereocenters. The predicted molar refractivity (Wildman–Crippen MR) is 73.8 cm³/mol. The van der Waals surface area contributed by atoms with Crippen molar-refractivity contribution in [3.8, 4) is 0 Å². The Morgan fingerprint density at radius 1 is 1.58 bits per heavy atom. The van der Waals surface area contributed by atoms with Crippen LogP contribution in [0.25, 0.3) is 0 Å². The highest BCUT2D eigenvalue weighted by molar-refractivity contribution is 6.33. The molecule has 6 heteroatoms. The molecule has 104 valence electrons. The first-order valence-electron chi connectivity index (χ1n) is 5.76. The van der Waals surface area contributed by atoms with Gasteiger partial charge in [0.2, 0.25) is 5.91 Å². The van der Waals surface area contributed by atoms with E-state index >= 15 is 0 Å². The second-order valence-corrected chi connectivity index (χ2v) is 4.33. The number of amides is 1. The molecule has 19 heavy (non-hydrogen) atoms. The van der Waals surface area contributed by atoms with E-state index in [1.54, 1.807) is 11.0 Å². The molecule has 0 aromatic heterocycles. The lowest BCUT2D eigenvalue weighted by molar-refractivity contribution is -0.117. The fourth-order valence-electron chi connectivity index (χ4n) is 1.54. The molecule has 1 aromatic rings. The third-order valence-electron chi connectivity index (χ3n) is 2.38. The molecule has 1 aromatic carbocycles. The Bertz CT molecular complexity index is 454. The van der Waals surface area contributed by atoms with Crippen LogP contribution in [0.15, 0.2) is 30.9 Å². The highest BCUT2D eigenvalue weighted by Gasteiger charge is 2.11. The number of anilines is 1. The Morgan fingerprint density at radius 2 is 2.32 bits per heavy atom. The van der Waals surface area contributed by atoms with Crippen molar-refractivity contribution >= 4 is 23.2 Å². The van der Waals surface area contributed by atoms with E-state index in [4.69, 9.17) is 16.7 Å². The molecule has 0 radical (unpaired) electrons. The summed E-state index contributed by atoms with van der Waals surface area (Å²) in [4.78, 5) is 13.5. The van der Waals surface area contributed by atoms with Crippen LogP contribution >= 0.6 is 11.6 Å². The van der Waals surface area contributed by atoms with Gasteiger partial charge in [0.25, 0.3) is 0 Å². The zero-order valence-electron chi connectivity index (χ0n) is 10.4. The normalized spacial score (nSPS) is 10.5. The van der Waals surface area contributed by atoms with E-state index in [1.807, 2.05) is 0 Å². The molecule has 1 amide bonds. The monoisotopic (exact) mass is 286 g/mol. The van der Waals surface area contributed by atoms with Gasteiger partial charge in [-0.15, -0.1) is 6.58 Å². The molecular formula is C13H16ClFN2O2. The second-order valence-electron chi connectivity index (χ2n) is 3.92. The molecule has 4 nitrogen and oxygen atoms in total. The van der Waals surface area contributed by atoms with Gasteiger partial charge in [-0.1, -0.05) is 17.7 Å². The molecule has 2 N–H and O–H groups in total. The third kappa shape index (κ3) is 5.38. The first kappa shape index (κ1) is 15.6. The number of rotatable bonds is 7. The van der Waals surface area contributed by atoms with Gasteiger partial charge in [-0.2, -0.15) is 0 Å². The van der Waals surface area contributed by atoms with Crippen LogP contribution in [0.2, 0.25) is 5.02 Å². The largest absolute Gasteiger partial charge is 0.395 e. The van der Waals surface area contributed by atoms with E-state index in [0.29, 0.717) is 18.8 Å². The lowest BCUT2D eigenvalue weighted by atomic mass is 10.3. The van der Waals surface area contributed by atoms with Crippen LogP contribution in [0, 0.1) is 5.82 Å². The van der Waals surface area contributed by atoms with Gasteiger partial charge in [0.15, 0.2) is 0 Å². The number of halogens is 2. The van der Waals surface area contributed by atoms with Crippen molar-refractivity contribution < 1.29 is 14.3 Å². The van der Waals surface area contributed by atoms with E-state index in [0.717, 1.165) is 6.07 Å². The number of hydrogen-bond donors (Lipinski definition) is 2. The fourth-order valence-corrected chi connectivity index (χ4v) is 1.76.